The summed E-state index contributed by atoms with van der Waals surface area (Å²) in [6, 6.07) is 29.2. The molecule has 0 unspecified atom stereocenters. The normalized spacial score (nSPS) is 11.6. The van der Waals surface area contributed by atoms with Crippen LogP contribution in [0.1, 0.15) is 21.5 Å². The van der Waals surface area contributed by atoms with Crippen LogP contribution < -0.4 is 0 Å². The van der Waals surface area contributed by atoms with Crippen molar-refractivity contribution in [3.8, 4) is 11.1 Å². The highest BCUT2D eigenvalue weighted by Gasteiger charge is 2.36. The number of nitro groups is 3. The lowest BCUT2D eigenvalue weighted by atomic mass is 9.97. The molecule has 6 aromatic rings. The molecule has 1 aliphatic rings. The van der Waals surface area contributed by atoms with Gasteiger partial charge in [0.1, 0.15) is 0 Å². The molecule has 0 spiro atoms. The van der Waals surface area contributed by atoms with Gasteiger partial charge in [0.2, 0.25) is 0 Å². The number of ketones is 1. The van der Waals surface area contributed by atoms with Crippen molar-refractivity contribution in [1.82, 2.24) is 0 Å². The maximum Gasteiger partial charge on any atom is 0.284 e. The fourth-order valence-electron chi connectivity index (χ4n) is 5.46. The molecule has 0 N–H and O–H groups in total. The summed E-state index contributed by atoms with van der Waals surface area (Å²) in [6.45, 7) is 2.18. The van der Waals surface area contributed by atoms with Gasteiger partial charge in [0, 0.05) is 34.9 Å². The van der Waals surface area contributed by atoms with Crippen molar-refractivity contribution in [2.75, 3.05) is 0 Å². The summed E-state index contributed by atoms with van der Waals surface area (Å²) in [6.07, 6.45) is 0. The minimum absolute atomic E-state index is 0.0597. The summed E-state index contributed by atoms with van der Waals surface area (Å²) in [4.78, 5) is 42.8. The summed E-state index contributed by atoms with van der Waals surface area (Å²) in [5.41, 5.74) is -0.386. The minimum atomic E-state index is -0.841. The van der Waals surface area contributed by atoms with Crippen molar-refractivity contribution in [2.24, 2.45) is 0 Å². The molecular weight excluding hydrogens is 538 g/mol. The molecule has 0 atom stereocenters. The first kappa shape index (κ1) is 26.2. The molecule has 0 amide bonds. The quantitative estimate of drug-likeness (QED) is 0.0923. The standard InChI is InChI=1S/C19H14.C13H5N3O7/c1-13-5-4-7-15-12-19-16(11-18(13)15)10-9-14-6-2-3-8-17(14)19;17-13-9-3-6(14(18)19)1-2-8(9)12-10(13)4-7(15(20)21)5-11(12)16(22)23/h2-12H,1H3;1-5H. The Morgan fingerprint density at radius 2 is 1.17 bits per heavy atom. The lowest BCUT2D eigenvalue weighted by molar-refractivity contribution is -0.393. The van der Waals surface area contributed by atoms with Crippen LogP contribution in [0.5, 0.6) is 0 Å². The van der Waals surface area contributed by atoms with Crippen LogP contribution in [0.4, 0.5) is 17.1 Å². The average Bonchev–Trinajstić information content (AvgIpc) is 3.27. The smallest absolute Gasteiger partial charge is 0.284 e. The third-order valence-electron chi connectivity index (χ3n) is 7.44. The first-order valence-electron chi connectivity index (χ1n) is 12.7. The van der Waals surface area contributed by atoms with Gasteiger partial charge in [0.05, 0.1) is 26.4 Å². The predicted octanol–water partition coefficient (Wildman–Crippen LogP) is 8.08. The summed E-state index contributed by atoms with van der Waals surface area (Å²) in [5, 5.41) is 40.8. The topological polar surface area (TPSA) is 146 Å². The highest BCUT2D eigenvalue weighted by molar-refractivity contribution is 6.23. The molecule has 0 radical (unpaired) electrons. The van der Waals surface area contributed by atoms with E-state index in [1.54, 1.807) is 0 Å². The van der Waals surface area contributed by atoms with Gasteiger partial charge in [-0.15, -0.1) is 0 Å². The van der Waals surface area contributed by atoms with E-state index in [1.165, 1.54) is 43.9 Å². The van der Waals surface area contributed by atoms with Gasteiger partial charge in [-0.2, -0.15) is 0 Å². The van der Waals surface area contributed by atoms with Gasteiger partial charge >= 0.3 is 0 Å². The second-order valence-electron chi connectivity index (χ2n) is 9.87. The summed E-state index contributed by atoms with van der Waals surface area (Å²) in [5.74, 6) is -0.717. The Bertz CT molecular complexity index is 2170. The molecule has 1 aliphatic carbocycles. The van der Waals surface area contributed by atoms with Crippen molar-refractivity contribution < 1.29 is 19.6 Å². The van der Waals surface area contributed by atoms with E-state index in [1.807, 2.05) is 0 Å². The van der Waals surface area contributed by atoms with Gasteiger partial charge in [0.25, 0.3) is 17.1 Å². The zero-order valence-electron chi connectivity index (χ0n) is 21.9. The fourth-order valence-corrected chi connectivity index (χ4v) is 5.46. The molecule has 0 aromatic heterocycles. The highest BCUT2D eigenvalue weighted by Crippen LogP contribution is 2.45. The third kappa shape index (κ3) is 4.27. The van der Waals surface area contributed by atoms with Gasteiger partial charge in [-0.25, -0.2) is 0 Å². The second-order valence-corrected chi connectivity index (χ2v) is 9.87. The Hall–Kier alpha value is -6.03. The predicted molar refractivity (Wildman–Crippen MR) is 159 cm³/mol. The molecule has 0 bridgehead atoms. The molecule has 0 heterocycles. The largest absolute Gasteiger partial charge is 0.289 e. The lowest BCUT2D eigenvalue weighted by Crippen LogP contribution is -2.00. The molecule has 42 heavy (non-hydrogen) atoms. The van der Waals surface area contributed by atoms with Crippen LogP contribution in [0.25, 0.3) is 43.4 Å². The molecule has 7 rings (SSSR count). The SMILES string of the molecule is Cc1cccc2cc3c(ccc4ccccc43)cc12.O=C1c2cc([N+](=O)[O-])ccc2-c2c1cc([N+](=O)[O-])cc2[N+](=O)[O-]. The summed E-state index contributed by atoms with van der Waals surface area (Å²) >= 11 is 0. The maximum absolute atomic E-state index is 12.3. The number of hydrogen-bond donors (Lipinski definition) is 0. The third-order valence-corrected chi connectivity index (χ3v) is 7.44. The number of non-ortho nitro benzene ring substituents is 2. The van der Waals surface area contributed by atoms with E-state index in [0.29, 0.717) is 0 Å². The number of benzene rings is 6. The number of nitrogens with zero attached hydrogens (tertiary/aromatic N) is 3. The molecule has 0 aliphatic heterocycles. The van der Waals surface area contributed by atoms with Gasteiger partial charge in [-0.3, -0.25) is 35.1 Å². The van der Waals surface area contributed by atoms with E-state index in [-0.39, 0.29) is 27.9 Å². The zero-order valence-corrected chi connectivity index (χ0v) is 21.9. The van der Waals surface area contributed by atoms with Crippen molar-refractivity contribution in [3.05, 3.63) is 144 Å². The number of carbonyl (C=O) groups is 1. The molecule has 10 nitrogen and oxygen atoms in total. The second kappa shape index (κ2) is 9.86. The van der Waals surface area contributed by atoms with Crippen molar-refractivity contribution in [3.63, 3.8) is 0 Å². The van der Waals surface area contributed by atoms with Gasteiger partial charge in [-0.1, -0.05) is 54.6 Å². The molecule has 10 heteroatoms. The van der Waals surface area contributed by atoms with Crippen LogP contribution in [0.2, 0.25) is 0 Å². The first-order valence-corrected chi connectivity index (χ1v) is 12.7. The van der Waals surface area contributed by atoms with E-state index < -0.39 is 31.9 Å². The Morgan fingerprint density at radius 1 is 0.524 bits per heavy atom. The number of fused-ring (bicyclic) bond motifs is 7. The monoisotopic (exact) mass is 557 g/mol. The lowest BCUT2D eigenvalue weighted by Gasteiger charge is -2.08. The molecule has 204 valence electrons. The number of rotatable bonds is 3. The van der Waals surface area contributed by atoms with Crippen molar-refractivity contribution in [1.29, 1.82) is 0 Å². The van der Waals surface area contributed by atoms with Gasteiger partial charge in [0.15, 0.2) is 5.78 Å². The van der Waals surface area contributed by atoms with Crippen LogP contribution in [0.15, 0.2) is 97.1 Å². The molecule has 0 saturated heterocycles. The minimum Gasteiger partial charge on any atom is -0.289 e. The summed E-state index contributed by atoms with van der Waals surface area (Å²) < 4.78 is 0. The van der Waals surface area contributed by atoms with E-state index >= 15 is 0 Å². The van der Waals surface area contributed by atoms with E-state index in [0.717, 1.165) is 24.3 Å². The van der Waals surface area contributed by atoms with E-state index in [2.05, 4.69) is 73.7 Å². The number of carbonyl (C=O) groups excluding carboxylic acids is 1. The number of hydrogen-bond acceptors (Lipinski definition) is 7. The van der Waals surface area contributed by atoms with E-state index in [4.69, 9.17) is 0 Å². The summed E-state index contributed by atoms with van der Waals surface area (Å²) in [7, 11) is 0. The van der Waals surface area contributed by atoms with Crippen molar-refractivity contribution >= 4 is 55.2 Å². The van der Waals surface area contributed by atoms with Crippen LogP contribution in [0, 0.1) is 37.3 Å². The molecule has 0 saturated carbocycles. The van der Waals surface area contributed by atoms with Crippen LogP contribution in [0.3, 0.4) is 0 Å². The van der Waals surface area contributed by atoms with E-state index in [9.17, 15) is 35.1 Å². The molecule has 6 aromatic carbocycles. The average molecular weight is 558 g/mol. The number of aryl methyl sites for hydroxylation is 1. The number of nitro benzene ring substituents is 3. The molecular formula is C32H19N3O7. The maximum atomic E-state index is 12.3. The van der Waals surface area contributed by atoms with Gasteiger partial charge in [-0.05, 0) is 63.0 Å². The van der Waals surface area contributed by atoms with Gasteiger partial charge < -0.3 is 0 Å². The molecule has 0 fully saturated rings. The Labute approximate surface area is 236 Å². The zero-order chi connectivity index (χ0) is 29.7. The Morgan fingerprint density at radius 3 is 1.90 bits per heavy atom. The fraction of sp³-hybridized carbons (Fsp3) is 0.0312. The first-order chi connectivity index (χ1) is 20.1. The highest BCUT2D eigenvalue weighted by atomic mass is 16.6. The Balaban J connectivity index is 0.000000153. The van der Waals surface area contributed by atoms with Crippen LogP contribution in [-0.4, -0.2) is 20.6 Å². The van der Waals surface area contributed by atoms with Crippen LogP contribution in [-0.2, 0) is 0 Å². The van der Waals surface area contributed by atoms with Crippen LogP contribution >= 0.6 is 0 Å². The van der Waals surface area contributed by atoms with Crippen molar-refractivity contribution in [2.45, 2.75) is 6.92 Å². The Kier molecular flexibility index (Phi) is 6.15.